The maximum absolute atomic E-state index is 5.67. The second-order valence-corrected chi connectivity index (χ2v) is 6.16. The third-order valence-electron chi connectivity index (χ3n) is 3.05. The molecule has 0 unspecified atom stereocenters. The third kappa shape index (κ3) is 4.49. The Morgan fingerprint density at radius 1 is 1.00 bits per heavy atom. The lowest BCUT2D eigenvalue weighted by Crippen LogP contribution is -2.00. The van der Waals surface area contributed by atoms with Crippen molar-refractivity contribution in [2.24, 2.45) is 0 Å². The molecule has 2 aromatic carbocycles. The number of nitrogens with two attached hydrogens (primary N) is 1. The summed E-state index contributed by atoms with van der Waals surface area (Å²) in [5.41, 5.74) is 7.77. The van der Waals surface area contributed by atoms with Gasteiger partial charge in [-0.05, 0) is 47.9 Å². The zero-order valence-electron chi connectivity index (χ0n) is 12.0. The van der Waals surface area contributed by atoms with Gasteiger partial charge in [-0.1, -0.05) is 26.0 Å². The molecule has 2 rings (SSSR count). The number of thioether (sulfide) groups is 1. The van der Waals surface area contributed by atoms with E-state index in [-0.39, 0.29) is 0 Å². The van der Waals surface area contributed by atoms with E-state index in [0.717, 1.165) is 17.2 Å². The molecule has 0 amide bonds. The van der Waals surface area contributed by atoms with Gasteiger partial charge in [0.2, 0.25) is 0 Å². The molecular weight excluding hydrogens is 266 g/mol. The van der Waals surface area contributed by atoms with E-state index in [0.29, 0.717) is 12.5 Å². The van der Waals surface area contributed by atoms with Crippen LogP contribution in [-0.4, -0.2) is 12.4 Å². The summed E-state index contributed by atoms with van der Waals surface area (Å²) >= 11 is 1.81. The van der Waals surface area contributed by atoms with Crippen molar-refractivity contribution in [1.29, 1.82) is 0 Å². The summed E-state index contributed by atoms with van der Waals surface area (Å²) in [6, 6.07) is 16.3. The number of anilines is 1. The lowest BCUT2D eigenvalue weighted by molar-refractivity contribution is 0.344. The van der Waals surface area contributed by atoms with E-state index in [1.54, 1.807) is 0 Å². The summed E-state index contributed by atoms with van der Waals surface area (Å²) in [4.78, 5) is 1.29. The van der Waals surface area contributed by atoms with E-state index in [4.69, 9.17) is 10.5 Å². The molecular formula is C17H21NOS. The van der Waals surface area contributed by atoms with Crippen LogP contribution in [0.4, 0.5) is 5.69 Å². The smallest absolute Gasteiger partial charge is 0.119 e. The van der Waals surface area contributed by atoms with Gasteiger partial charge in [-0.2, -0.15) is 0 Å². The Kier molecular flexibility index (Phi) is 5.36. The largest absolute Gasteiger partial charge is 0.493 e. The van der Waals surface area contributed by atoms with Crippen LogP contribution in [0.1, 0.15) is 25.3 Å². The van der Waals surface area contributed by atoms with Crippen molar-refractivity contribution < 1.29 is 4.74 Å². The Morgan fingerprint density at radius 3 is 2.25 bits per heavy atom. The summed E-state index contributed by atoms with van der Waals surface area (Å²) in [7, 11) is 0. The molecule has 3 heteroatoms. The van der Waals surface area contributed by atoms with Gasteiger partial charge >= 0.3 is 0 Å². The van der Waals surface area contributed by atoms with Crippen LogP contribution in [0.3, 0.4) is 0 Å². The molecule has 0 atom stereocenters. The fourth-order valence-corrected chi connectivity index (χ4v) is 2.56. The standard InChI is InChI=1S/C17H21NOS/c1-13(2)14-3-9-17(10-4-14)20-12-11-19-16-7-5-15(18)6-8-16/h3-10,13H,11-12,18H2,1-2H3. The second kappa shape index (κ2) is 7.25. The highest BCUT2D eigenvalue weighted by Crippen LogP contribution is 2.22. The SMILES string of the molecule is CC(C)c1ccc(SCCOc2ccc(N)cc2)cc1. The molecule has 0 aliphatic carbocycles. The van der Waals surface area contributed by atoms with Gasteiger partial charge in [0.05, 0.1) is 6.61 Å². The molecule has 0 aliphatic rings. The predicted molar refractivity (Wildman–Crippen MR) is 87.6 cm³/mol. The molecule has 0 spiro atoms. The Balaban J connectivity index is 1.74. The van der Waals surface area contributed by atoms with E-state index < -0.39 is 0 Å². The van der Waals surface area contributed by atoms with Gasteiger partial charge in [0, 0.05) is 16.3 Å². The fraction of sp³-hybridized carbons (Fsp3) is 0.294. The molecule has 0 heterocycles. The van der Waals surface area contributed by atoms with Crippen molar-refractivity contribution in [3.63, 3.8) is 0 Å². The van der Waals surface area contributed by atoms with Crippen LogP contribution in [0, 0.1) is 0 Å². The number of rotatable bonds is 6. The molecule has 2 aromatic rings. The van der Waals surface area contributed by atoms with Crippen molar-refractivity contribution in [2.45, 2.75) is 24.7 Å². The number of hydrogen-bond donors (Lipinski definition) is 1. The van der Waals surface area contributed by atoms with Crippen molar-refractivity contribution in [1.82, 2.24) is 0 Å². The van der Waals surface area contributed by atoms with E-state index in [1.165, 1.54) is 10.5 Å². The zero-order valence-corrected chi connectivity index (χ0v) is 12.8. The van der Waals surface area contributed by atoms with E-state index in [2.05, 4.69) is 38.1 Å². The minimum Gasteiger partial charge on any atom is -0.493 e. The molecule has 0 aliphatic heterocycles. The summed E-state index contributed by atoms with van der Waals surface area (Å²) in [5, 5.41) is 0. The van der Waals surface area contributed by atoms with E-state index in [9.17, 15) is 0 Å². The van der Waals surface area contributed by atoms with Crippen LogP contribution in [0.5, 0.6) is 5.75 Å². The Morgan fingerprint density at radius 2 is 1.65 bits per heavy atom. The first kappa shape index (κ1) is 14.8. The second-order valence-electron chi connectivity index (χ2n) is 4.99. The van der Waals surface area contributed by atoms with Gasteiger partial charge < -0.3 is 10.5 Å². The molecule has 0 saturated carbocycles. The number of hydrogen-bond acceptors (Lipinski definition) is 3. The van der Waals surface area contributed by atoms with Gasteiger partial charge in [-0.3, -0.25) is 0 Å². The molecule has 0 fully saturated rings. The van der Waals surface area contributed by atoms with Crippen LogP contribution in [0.15, 0.2) is 53.4 Å². The Bertz CT molecular complexity index is 520. The quantitative estimate of drug-likeness (QED) is 0.480. The van der Waals surface area contributed by atoms with Crippen LogP contribution >= 0.6 is 11.8 Å². The fourth-order valence-electron chi connectivity index (χ4n) is 1.83. The molecule has 20 heavy (non-hydrogen) atoms. The van der Waals surface area contributed by atoms with Gasteiger partial charge in [0.25, 0.3) is 0 Å². The lowest BCUT2D eigenvalue weighted by Gasteiger charge is -2.08. The van der Waals surface area contributed by atoms with E-state index in [1.807, 2.05) is 36.0 Å². The van der Waals surface area contributed by atoms with Gasteiger partial charge in [0.1, 0.15) is 5.75 Å². The summed E-state index contributed by atoms with van der Waals surface area (Å²) in [5.74, 6) is 2.39. The average molecular weight is 287 g/mol. The number of ether oxygens (including phenoxy) is 1. The Labute approximate surface area is 125 Å². The van der Waals surface area contributed by atoms with Crippen molar-refractivity contribution in [3.8, 4) is 5.75 Å². The maximum atomic E-state index is 5.67. The van der Waals surface area contributed by atoms with Gasteiger partial charge in [-0.15, -0.1) is 11.8 Å². The Hall–Kier alpha value is -1.61. The molecule has 0 bridgehead atoms. The molecule has 2 nitrogen and oxygen atoms in total. The van der Waals surface area contributed by atoms with Gasteiger partial charge in [-0.25, -0.2) is 0 Å². The van der Waals surface area contributed by atoms with Crippen LogP contribution in [-0.2, 0) is 0 Å². The highest BCUT2D eigenvalue weighted by Gasteiger charge is 2.00. The first-order valence-electron chi connectivity index (χ1n) is 6.86. The van der Waals surface area contributed by atoms with Crippen molar-refractivity contribution in [2.75, 3.05) is 18.1 Å². The molecule has 2 N–H and O–H groups in total. The monoisotopic (exact) mass is 287 g/mol. The minimum atomic E-state index is 0.586. The highest BCUT2D eigenvalue weighted by atomic mass is 32.2. The molecule has 0 aromatic heterocycles. The topological polar surface area (TPSA) is 35.2 Å². The van der Waals surface area contributed by atoms with Crippen molar-refractivity contribution in [3.05, 3.63) is 54.1 Å². The van der Waals surface area contributed by atoms with Crippen LogP contribution in [0.2, 0.25) is 0 Å². The normalized spacial score (nSPS) is 10.8. The number of nitrogen functional groups attached to an aromatic ring is 1. The summed E-state index contributed by atoms with van der Waals surface area (Å²) in [6.07, 6.45) is 0. The van der Waals surface area contributed by atoms with Crippen LogP contribution in [0.25, 0.3) is 0 Å². The lowest BCUT2D eigenvalue weighted by atomic mass is 10.0. The highest BCUT2D eigenvalue weighted by molar-refractivity contribution is 7.99. The molecule has 0 saturated heterocycles. The zero-order chi connectivity index (χ0) is 14.4. The van der Waals surface area contributed by atoms with Crippen molar-refractivity contribution >= 4 is 17.4 Å². The molecule has 106 valence electrons. The third-order valence-corrected chi connectivity index (χ3v) is 4.02. The molecule has 0 radical (unpaired) electrons. The number of benzene rings is 2. The first-order chi connectivity index (χ1) is 9.65. The first-order valence-corrected chi connectivity index (χ1v) is 7.85. The minimum absolute atomic E-state index is 0.586. The van der Waals surface area contributed by atoms with Crippen LogP contribution < -0.4 is 10.5 Å². The summed E-state index contributed by atoms with van der Waals surface area (Å²) in [6.45, 7) is 5.12. The predicted octanol–water partition coefficient (Wildman–Crippen LogP) is 4.56. The van der Waals surface area contributed by atoms with Gasteiger partial charge in [0.15, 0.2) is 0 Å². The maximum Gasteiger partial charge on any atom is 0.119 e. The summed E-state index contributed by atoms with van der Waals surface area (Å²) < 4.78 is 5.67. The van der Waals surface area contributed by atoms with E-state index >= 15 is 0 Å². The average Bonchev–Trinajstić information content (AvgIpc) is 2.46.